The minimum absolute atomic E-state index is 0.677. The predicted molar refractivity (Wildman–Crippen MR) is 72.3 cm³/mol. The van der Waals surface area contributed by atoms with E-state index in [-0.39, 0.29) is 0 Å². The lowest BCUT2D eigenvalue weighted by molar-refractivity contribution is 0.869. The van der Waals surface area contributed by atoms with Crippen molar-refractivity contribution in [1.82, 2.24) is 15.0 Å². The Hall–Kier alpha value is -2.08. The normalized spacial score (nSPS) is 10.3. The van der Waals surface area contributed by atoms with Crippen LogP contribution in [0.15, 0.2) is 30.9 Å². The van der Waals surface area contributed by atoms with Crippen LogP contribution in [0.4, 0.5) is 11.6 Å². The van der Waals surface area contributed by atoms with E-state index in [0.29, 0.717) is 6.54 Å². The average Bonchev–Trinajstić information content (AvgIpc) is 2.90. The molecule has 2 rings (SSSR count). The van der Waals surface area contributed by atoms with Crippen LogP contribution in [0.1, 0.15) is 12.0 Å². The van der Waals surface area contributed by atoms with Crippen molar-refractivity contribution in [1.29, 1.82) is 0 Å². The van der Waals surface area contributed by atoms with Crippen molar-refractivity contribution in [3.8, 4) is 0 Å². The van der Waals surface area contributed by atoms with E-state index < -0.39 is 0 Å². The summed E-state index contributed by atoms with van der Waals surface area (Å²) in [6.45, 7) is 2.24. The van der Waals surface area contributed by atoms with Gasteiger partial charge in [-0.3, -0.25) is 0 Å². The Morgan fingerprint density at radius 2 is 2.06 bits per heavy atom. The van der Waals surface area contributed by atoms with Gasteiger partial charge >= 0.3 is 0 Å². The van der Waals surface area contributed by atoms with Crippen LogP contribution >= 0.6 is 0 Å². The molecular formula is C12H18N6. The van der Waals surface area contributed by atoms with Crippen LogP contribution < -0.4 is 16.4 Å². The number of nitrogens with one attached hydrogen (secondary N) is 3. The van der Waals surface area contributed by atoms with Gasteiger partial charge in [-0.1, -0.05) is 0 Å². The Kier molecular flexibility index (Phi) is 4.54. The topological polar surface area (TPSA) is 91.7 Å². The lowest BCUT2D eigenvalue weighted by Crippen LogP contribution is -2.10. The molecule has 18 heavy (non-hydrogen) atoms. The smallest absolute Gasteiger partial charge is 0.131 e. The zero-order valence-electron chi connectivity index (χ0n) is 10.2. The molecule has 0 atom stereocenters. The highest BCUT2D eigenvalue weighted by Gasteiger charge is 1.98. The molecule has 0 bridgehead atoms. The van der Waals surface area contributed by atoms with E-state index in [9.17, 15) is 0 Å². The predicted octanol–water partition coefficient (Wildman–Crippen LogP) is 1.18. The van der Waals surface area contributed by atoms with E-state index in [2.05, 4.69) is 25.6 Å². The summed E-state index contributed by atoms with van der Waals surface area (Å²) in [5.41, 5.74) is 6.62. The largest absolute Gasteiger partial charge is 0.370 e. The van der Waals surface area contributed by atoms with Crippen LogP contribution in [-0.2, 0) is 6.54 Å². The second-order valence-electron chi connectivity index (χ2n) is 3.93. The maximum atomic E-state index is 5.44. The van der Waals surface area contributed by atoms with E-state index >= 15 is 0 Å². The molecule has 0 radical (unpaired) electrons. The molecule has 0 spiro atoms. The summed E-state index contributed by atoms with van der Waals surface area (Å²) < 4.78 is 0. The Morgan fingerprint density at radius 1 is 1.22 bits per heavy atom. The third kappa shape index (κ3) is 3.74. The van der Waals surface area contributed by atoms with Crippen LogP contribution in [0, 0.1) is 0 Å². The summed E-state index contributed by atoms with van der Waals surface area (Å²) in [4.78, 5) is 11.3. The van der Waals surface area contributed by atoms with Gasteiger partial charge in [0, 0.05) is 31.5 Å². The van der Waals surface area contributed by atoms with Gasteiger partial charge in [0.15, 0.2) is 0 Å². The molecule has 0 saturated carbocycles. The van der Waals surface area contributed by atoms with Crippen molar-refractivity contribution in [2.45, 2.75) is 13.0 Å². The highest BCUT2D eigenvalue weighted by molar-refractivity contribution is 5.46. The minimum atomic E-state index is 0.677. The fourth-order valence-electron chi connectivity index (χ4n) is 1.53. The third-order valence-corrected chi connectivity index (χ3v) is 2.49. The molecule has 0 saturated heterocycles. The van der Waals surface area contributed by atoms with Gasteiger partial charge in [-0.05, 0) is 24.6 Å². The first-order valence-electron chi connectivity index (χ1n) is 6.00. The van der Waals surface area contributed by atoms with Crippen molar-refractivity contribution in [3.63, 3.8) is 0 Å². The molecule has 2 aromatic heterocycles. The number of rotatable bonds is 7. The summed E-state index contributed by atoms with van der Waals surface area (Å²) in [6, 6.07) is 3.91. The zero-order chi connectivity index (χ0) is 12.6. The molecule has 6 heteroatoms. The first-order chi connectivity index (χ1) is 8.88. The minimum Gasteiger partial charge on any atom is -0.370 e. The molecule has 0 aliphatic heterocycles. The molecule has 0 aromatic carbocycles. The van der Waals surface area contributed by atoms with Crippen LogP contribution in [-0.4, -0.2) is 28.0 Å². The zero-order valence-corrected chi connectivity index (χ0v) is 10.2. The van der Waals surface area contributed by atoms with Gasteiger partial charge in [-0.2, -0.15) is 0 Å². The molecule has 96 valence electrons. The Bertz CT molecular complexity index is 453. The fraction of sp³-hybridized carbons (Fsp3) is 0.333. The third-order valence-electron chi connectivity index (χ3n) is 2.49. The number of anilines is 2. The summed E-state index contributed by atoms with van der Waals surface area (Å²) >= 11 is 0. The molecular weight excluding hydrogens is 228 g/mol. The van der Waals surface area contributed by atoms with Gasteiger partial charge in [-0.15, -0.1) is 0 Å². The van der Waals surface area contributed by atoms with Crippen molar-refractivity contribution in [3.05, 3.63) is 36.4 Å². The van der Waals surface area contributed by atoms with E-state index in [1.807, 2.05) is 24.5 Å². The van der Waals surface area contributed by atoms with Gasteiger partial charge in [0.25, 0.3) is 0 Å². The average molecular weight is 246 g/mol. The SMILES string of the molecule is NCCCNc1cc(NCc2cc[nH]c2)ncn1. The van der Waals surface area contributed by atoms with Crippen molar-refractivity contribution in [2.24, 2.45) is 5.73 Å². The van der Waals surface area contributed by atoms with E-state index in [4.69, 9.17) is 5.73 Å². The van der Waals surface area contributed by atoms with Crippen LogP contribution in [0.5, 0.6) is 0 Å². The second kappa shape index (κ2) is 6.61. The first-order valence-corrected chi connectivity index (χ1v) is 6.00. The number of nitrogens with two attached hydrogens (primary N) is 1. The molecule has 5 N–H and O–H groups in total. The monoisotopic (exact) mass is 246 g/mol. The standard InChI is InChI=1S/C12H18N6/c13-3-1-4-15-11-6-12(18-9-17-11)16-8-10-2-5-14-7-10/h2,5-7,9,14H,1,3-4,8,13H2,(H2,15,16,17,18). The fourth-order valence-corrected chi connectivity index (χ4v) is 1.53. The van der Waals surface area contributed by atoms with E-state index in [1.54, 1.807) is 6.33 Å². The maximum absolute atomic E-state index is 5.44. The number of aromatic nitrogens is 3. The summed E-state index contributed by atoms with van der Waals surface area (Å²) in [6.07, 6.45) is 6.33. The van der Waals surface area contributed by atoms with Gasteiger partial charge in [0.1, 0.15) is 18.0 Å². The molecule has 0 aliphatic carbocycles. The van der Waals surface area contributed by atoms with Crippen molar-refractivity contribution < 1.29 is 0 Å². The number of nitrogens with zero attached hydrogens (tertiary/aromatic N) is 2. The number of hydrogen-bond acceptors (Lipinski definition) is 5. The van der Waals surface area contributed by atoms with Crippen molar-refractivity contribution in [2.75, 3.05) is 23.7 Å². The molecule has 0 aliphatic rings. The molecule has 2 heterocycles. The Morgan fingerprint density at radius 3 is 2.78 bits per heavy atom. The highest BCUT2D eigenvalue weighted by Crippen LogP contribution is 2.09. The number of hydrogen-bond donors (Lipinski definition) is 4. The van der Waals surface area contributed by atoms with Crippen LogP contribution in [0.25, 0.3) is 0 Å². The second-order valence-corrected chi connectivity index (χ2v) is 3.93. The maximum Gasteiger partial charge on any atom is 0.131 e. The molecule has 0 fully saturated rings. The van der Waals surface area contributed by atoms with E-state index in [0.717, 1.165) is 31.1 Å². The molecule has 0 unspecified atom stereocenters. The Labute approximate surface area is 106 Å². The van der Waals surface area contributed by atoms with Crippen LogP contribution in [0.2, 0.25) is 0 Å². The van der Waals surface area contributed by atoms with Gasteiger partial charge in [0.05, 0.1) is 0 Å². The van der Waals surface area contributed by atoms with Crippen molar-refractivity contribution >= 4 is 11.6 Å². The summed E-state index contributed by atoms with van der Waals surface area (Å²) in [5, 5.41) is 6.44. The van der Waals surface area contributed by atoms with Gasteiger partial charge in [0.2, 0.25) is 0 Å². The molecule has 2 aromatic rings. The summed E-state index contributed by atoms with van der Waals surface area (Å²) in [7, 11) is 0. The quantitative estimate of drug-likeness (QED) is 0.551. The first kappa shape index (κ1) is 12.4. The summed E-state index contributed by atoms with van der Waals surface area (Å²) in [5.74, 6) is 1.62. The van der Waals surface area contributed by atoms with Gasteiger partial charge < -0.3 is 21.4 Å². The van der Waals surface area contributed by atoms with E-state index in [1.165, 1.54) is 5.56 Å². The Balaban J connectivity index is 1.86. The van der Waals surface area contributed by atoms with Crippen LogP contribution in [0.3, 0.4) is 0 Å². The number of H-pyrrole nitrogens is 1. The number of aromatic amines is 1. The lowest BCUT2D eigenvalue weighted by atomic mass is 10.3. The molecule has 0 amide bonds. The van der Waals surface area contributed by atoms with Gasteiger partial charge in [-0.25, -0.2) is 9.97 Å². The highest BCUT2D eigenvalue weighted by atomic mass is 15.1. The molecule has 6 nitrogen and oxygen atoms in total. The lowest BCUT2D eigenvalue weighted by Gasteiger charge is -2.07.